The van der Waals surface area contributed by atoms with E-state index in [-0.39, 0.29) is 6.54 Å². The van der Waals surface area contributed by atoms with Gasteiger partial charge in [-0.2, -0.15) is 18.4 Å². The van der Waals surface area contributed by atoms with Crippen molar-refractivity contribution < 1.29 is 36.7 Å². The van der Waals surface area contributed by atoms with Crippen molar-refractivity contribution in [1.29, 1.82) is 5.26 Å². The molecule has 2 aromatic carbocycles. The lowest BCUT2D eigenvalue weighted by Crippen LogP contribution is -2.37. The fraction of sp³-hybridized carbons (Fsp3) is 0.250. The first kappa shape index (κ1) is 26.9. The molecule has 0 radical (unpaired) electrons. The fourth-order valence-corrected chi connectivity index (χ4v) is 3.20. The third kappa shape index (κ3) is 7.89. The maximum Gasteiger partial charge on any atom is 0.425 e. The number of hydrogen-bond acceptors (Lipinski definition) is 7. The Morgan fingerprint density at radius 2 is 1.92 bits per heavy atom. The molecule has 0 bridgehead atoms. The molecule has 3 amide bonds. The van der Waals surface area contributed by atoms with Crippen molar-refractivity contribution in [2.24, 2.45) is 0 Å². The number of carbonyl (C=O) groups is 2. The van der Waals surface area contributed by atoms with Crippen LogP contribution in [0.15, 0.2) is 59.5 Å². The Bertz CT molecular complexity index is 1260. The van der Waals surface area contributed by atoms with E-state index in [2.05, 4.69) is 25.7 Å². The van der Waals surface area contributed by atoms with E-state index in [0.29, 0.717) is 34.0 Å². The molecule has 13 heteroatoms. The standard InChI is InChI=1S/C24H22F3N5O5/c1-35-19-11-17(7-8-18(19)20-13-29-14-36-20)32-22(33)31-16-5-2-4-15(10-16)12-30-23(34)37-21(6-3-9-28)24(25,26)27/h2,4-5,7-8,10-11,13-14,21H,3,6,12H2,1H3,(H,30,34)(H2,31,32,33). The van der Waals surface area contributed by atoms with Gasteiger partial charge < -0.3 is 29.8 Å². The summed E-state index contributed by atoms with van der Waals surface area (Å²) >= 11 is 0. The van der Waals surface area contributed by atoms with Crippen LogP contribution in [0.4, 0.5) is 34.1 Å². The summed E-state index contributed by atoms with van der Waals surface area (Å²) in [5, 5.41) is 16.0. The molecular formula is C24H22F3N5O5. The summed E-state index contributed by atoms with van der Waals surface area (Å²) < 4.78 is 53.9. The lowest BCUT2D eigenvalue weighted by molar-refractivity contribution is -0.204. The van der Waals surface area contributed by atoms with Gasteiger partial charge in [-0.15, -0.1) is 0 Å². The van der Waals surface area contributed by atoms with E-state index in [1.165, 1.54) is 25.8 Å². The van der Waals surface area contributed by atoms with Gasteiger partial charge in [0.15, 0.2) is 18.3 Å². The fourth-order valence-electron chi connectivity index (χ4n) is 3.20. The molecule has 3 aromatic rings. The predicted molar refractivity (Wildman–Crippen MR) is 126 cm³/mol. The molecule has 37 heavy (non-hydrogen) atoms. The second-order valence-electron chi connectivity index (χ2n) is 7.55. The monoisotopic (exact) mass is 517 g/mol. The summed E-state index contributed by atoms with van der Waals surface area (Å²) in [5.41, 5.74) is 1.95. The van der Waals surface area contributed by atoms with E-state index in [0.717, 1.165) is 0 Å². The number of nitrogens with one attached hydrogen (secondary N) is 3. The van der Waals surface area contributed by atoms with Gasteiger partial charge in [0.2, 0.25) is 0 Å². The highest BCUT2D eigenvalue weighted by Gasteiger charge is 2.42. The van der Waals surface area contributed by atoms with Crippen molar-refractivity contribution in [3.8, 4) is 23.1 Å². The van der Waals surface area contributed by atoms with E-state index in [1.54, 1.807) is 42.5 Å². The average molecular weight is 517 g/mol. The number of hydrogen-bond donors (Lipinski definition) is 3. The Morgan fingerprint density at radius 1 is 1.16 bits per heavy atom. The van der Waals surface area contributed by atoms with Crippen LogP contribution in [0, 0.1) is 11.3 Å². The number of carbonyl (C=O) groups excluding carboxylic acids is 2. The number of benzene rings is 2. The van der Waals surface area contributed by atoms with Gasteiger partial charge in [-0.05, 0) is 29.8 Å². The van der Waals surface area contributed by atoms with Crippen molar-refractivity contribution >= 4 is 23.5 Å². The van der Waals surface area contributed by atoms with Crippen molar-refractivity contribution in [2.45, 2.75) is 31.7 Å². The molecule has 1 aromatic heterocycles. The lowest BCUT2D eigenvalue weighted by Gasteiger charge is -2.20. The van der Waals surface area contributed by atoms with Crippen LogP contribution in [0.1, 0.15) is 18.4 Å². The van der Waals surface area contributed by atoms with Gasteiger partial charge in [0.05, 0.1) is 24.9 Å². The van der Waals surface area contributed by atoms with Gasteiger partial charge in [0, 0.05) is 36.8 Å². The molecule has 10 nitrogen and oxygen atoms in total. The third-order valence-corrected chi connectivity index (χ3v) is 4.91. The smallest absolute Gasteiger partial charge is 0.425 e. The van der Waals surface area contributed by atoms with Crippen LogP contribution in [0.2, 0.25) is 0 Å². The molecule has 3 N–H and O–H groups in total. The molecule has 0 spiro atoms. The number of ether oxygens (including phenoxy) is 2. The van der Waals surface area contributed by atoms with Crippen molar-refractivity contribution in [3.63, 3.8) is 0 Å². The SMILES string of the molecule is COc1cc(NC(=O)Nc2cccc(CNC(=O)OC(CCC#N)C(F)(F)F)c2)ccc1-c1cnco1. The maximum absolute atomic E-state index is 12.9. The number of halogens is 3. The van der Waals surface area contributed by atoms with E-state index in [9.17, 15) is 22.8 Å². The van der Waals surface area contributed by atoms with Crippen molar-refractivity contribution in [2.75, 3.05) is 17.7 Å². The van der Waals surface area contributed by atoms with Crippen LogP contribution in [0.5, 0.6) is 5.75 Å². The number of aromatic nitrogens is 1. The van der Waals surface area contributed by atoms with Gasteiger partial charge >= 0.3 is 18.3 Å². The molecule has 0 saturated carbocycles. The van der Waals surface area contributed by atoms with Crippen molar-refractivity contribution in [3.05, 3.63) is 60.6 Å². The molecule has 1 atom stereocenters. The number of anilines is 2. The van der Waals surface area contributed by atoms with Gasteiger partial charge in [0.1, 0.15) is 5.75 Å². The molecule has 0 aliphatic carbocycles. The number of nitrogens with zero attached hydrogens (tertiary/aromatic N) is 2. The highest BCUT2D eigenvalue weighted by Crippen LogP contribution is 2.32. The van der Waals surface area contributed by atoms with Crippen LogP contribution in [0.25, 0.3) is 11.3 Å². The minimum absolute atomic E-state index is 0.154. The van der Waals surface area contributed by atoms with Gasteiger partial charge in [0.25, 0.3) is 0 Å². The maximum atomic E-state index is 12.9. The molecule has 1 unspecified atom stereocenters. The van der Waals surface area contributed by atoms with Crippen LogP contribution in [-0.4, -0.2) is 36.5 Å². The largest absolute Gasteiger partial charge is 0.496 e. The number of alkyl carbamates (subject to hydrolysis) is 1. The van der Waals surface area contributed by atoms with Gasteiger partial charge in [-0.1, -0.05) is 12.1 Å². The normalized spacial score (nSPS) is 11.6. The Morgan fingerprint density at radius 3 is 2.57 bits per heavy atom. The zero-order chi connectivity index (χ0) is 26.8. The lowest BCUT2D eigenvalue weighted by atomic mass is 10.1. The molecule has 0 saturated heterocycles. The summed E-state index contributed by atoms with van der Waals surface area (Å²) in [6, 6.07) is 12.3. The van der Waals surface area contributed by atoms with Crippen molar-refractivity contribution in [1.82, 2.24) is 10.3 Å². The summed E-state index contributed by atoms with van der Waals surface area (Å²) in [5.74, 6) is 0.952. The number of urea groups is 1. The first-order valence-electron chi connectivity index (χ1n) is 10.8. The number of rotatable bonds is 9. The van der Waals surface area contributed by atoms with Gasteiger partial charge in [-0.25, -0.2) is 14.6 Å². The summed E-state index contributed by atoms with van der Waals surface area (Å²) in [6.07, 6.45) is -6.69. The zero-order valence-electron chi connectivity index (χ0n) is 19.5. The summed E-state index contributed by atoms with van der Waals surface area (Å²) in [7, 11) is 1.48. The minimum Gasteiger partial charge on any atom is -0.496 e. The zero-order valence-corrected chi connectivity index (χ0v) is 19.5. The quantitative estimate of drug-likeness (QED) is 0.343. The highest BCUT2D eigenvalue weighted by molar-refractivity contribution is 6.00. The number of nitriles is 1. The van der Waals surface area contributed by atoms with Crippen LogP contribution >= 0.6 is 0 Å². The molecule has 0 aliphatic heterocycles. The number of amides is 3. The van der Waals surface area contributed by atoms with E-state index in [1.807, 2.05) is 0 Å². The Balaban J connectivity index is 1.56. The molecule has 3 rings (SSSR count). The molecule has 1 heterocycles. The van der Waals surface area contributed by atoms with Crippen LogP contribution < -0.4 is 20.7 Å². The second-order valence-corrected chi connectivity index (χ2v) is 7.55. The van der Waals surface area contributed by atoms with Gasteiger partial charge in [-0.3, -0.25) is 0 Å². The summed E-state index contributed by atoms with van der Waals surface area (Å²) in [6.45, 7) is -0.154. The molecule has 0 fully saturated rings. The number of methoxy groups -OCH3 is 1. The van der Waals surface area contributed by atoms with E-state index in [4.69, 9.17) is 14.4 Å². The summed E-state index contributed by atoms with van der Waals surface area (Å²) in [4.78, 5) is 28.2. The Kier molecular flexibility index (Phi) is 8.93. The Labute approximate surface area is 209 Å². The topological polar surface area (TPSA) is 139 Å². The highest BCUT2D eigenvalue weighted by atomic mass is 19.4. The molecule has 0 aliphatic rings. The molecule has 194 valence electrons. The Hall–Kier alpha value is -4.73. The van der Waals surface area contributed by atoms with Crippen LogP contribution in [-0.2, 0) is 11.3 Å². The van der Waals surface area contributed by atoms with E-state index < -0.39 is 37.2 Å². The first-order chi connectivity index (χ1) is 17.7. The average Bonchev–Trinajstić information content (AvgIpc) is 3.39. The molecular weight excluding hydrogens is 495 g/mol. The second kappa shape index (κ2) is 12.3. The minimum atomic E-state index is -4.79. The predicted octanol–water partition coefficient (Wildman–Crippen LogP) is 5.46. The first-order valence-corrected chi connectivity index (χ1v) is 10.8. The van der Waals surface area contributed by atoms with E-state index >= 15 is 0 Å². The number of alkyl halides is 3. The third-order valence-electron chi connectivity index (χ3n) is 4.91. The van der Waals surface area contributed by atoms with Crippen LogP contribution in [0.3, 0.4) is 0 Å². The number of oxazole rings is 1.